The highest BCUT2D eigenvalue weighted by Crippen LogP contribution is 2.31. The van der Waals surface area contributed by atoms with Gasteiger partial charge in [-0.15, -0.1) is 0 Å². The van der Waals surface area contributed by atoms with E-state index < -0.39 is 0 Å². The lowest BCUT2D eigenvalue weighted by Gasteiger charge is -2.15. The molecule has 1 amide bonds. The van der Waals surface area contributed by atoms with Crippen LogP contribution in [0.15, 0.2) is 55.1 Å². The standard InChI is InChI=1S/C30H31N7O/c1-21-26-11-13-34-28(26)10-9-27(21)36-30-23(19-33-20-24(30)16-31)6-8-25-7-5-22(18-35-25)17-32-12-3-15-37-14-2-4-29(37)38/h5-11,13,18-20,32,34H,2-4,12,14-15,17H2,1H3,(H,33,36)/b8-6+. The van der Waals surface area contributed by atoms with Crippen LogP contribution in [0.2, 0.25) is 0 Å². The SMILES string of the molecule is Cc1c(Nc2c(C#N)cncc2/C=C/c2ccc(CNCCCN3CCCC3=O)cn2)ccc2[nH]ccc12. The zero-order valence-electron chi connectivity index (χ0n) is 21.5. The van der Waals surface area contributed by atoms with Crippen molar-refractivity contribution in [1.82, 2.24) is 25.2 Å². The Morgan fingerprint density at radius 3 is 2.87 bits per heavy atom. The van der Waals surface area contributed by atoms with E-state index in [2.05, 4.69) is 50.7 Å². The highest BCUT2D eigenvalue weighted by Gasteiger charge is 2.18. The molecular weight excluding hydrogens is 474 g/mol. The number of H-pyrrole nitrogens is 1. The van der Waals surface area contributed by atoms with E-state index in [1.807, 2.05) is 47.6 Å². The number of likely N-dealkylation sites (tertiary alicyclic amines) is 1. The number of fused-ring (bicyclic) bond motifs is 1. The van der Waals surface area contributed by atoms with Gasteiger partial charge in [-0.1, -0.05) is 6.07 Å². The number of nitriles is 1. The van der Waals surface area contributed by atoms with Crippen LogP contribution in [0.4, 0.5) is 11.4 Å². The fraction of sp³-hybridized carbons (Fsp3) is 0.267. The number of carbonyl (C=O) groups excluding carboxylic acids is 1. The smallest absolute Gasteiger partial charge is 0.222 e. The number of benzene rings is 1. The molecule has 192 valence electrons. The Labute approximate surface area is 222 Å². The molecule has 38 heavy (non-hydrogen) atoms. The quantitative estimate of drug-likeness (QED) is 0.257. The van der Waals surface area contributed by atoms with Crippen molar-refractivity contribution < 1.29 is 4.79 Å². The number of nitrogens with one attached hydrogen (secondary N) is 3. The van der Waals surface area contributed by atoms with Gasteiger partial charge in [-0.2, -0.15) is 5.26 Å². The van der Waals surface area contributed by atoms with E-state index in [1.54, 1.807) is 12.4 Å². The summed E-state index contributed by atoms with van der Waals surface area (Å²) >= 11 is 0. The average Bonchev–Trinajstić information content (AvgIpc) is 3.59. The van der Waals surface area contributed by atoms with Gasteiger partial charge in [0.15, 0.2) is 0 Å². The Morgan fingerprint density at radius 2 is 2.08 bits per heavy atom. The number of nitrogens with zero attached hydrogens (tertiary/aromatic N) is 4. The number of pyridine rings is 2. The third-order valence-corrected chi connectivity index (χ3v) is 6.92. The number of aromatic amines is 1. The first kappa shape index (κ1) is 25.2. The molecule has 1 fully saturated rings. The van der Waals surface area contributed by atoms with Crippen molar-refractivity contribution in [3.8, 4) is 6.07 Å². The maximum atomic E-state index is 11.7. The molecule has 4 heterocycles. The molecule has 8 nitrogen and oxygen atoms in total. The molecule has 1 aliphatic heterocycles. The minimum Gasteiger partial charge on any atom is -0.361 e. The normalized spacial score (nSPS) is 13.5. The van der Waals surface area contributed by atoms with Gasteiger partial charge in [0.25, 0.3) is 0 Å². The van der Waals surface area contributed by atoms with Crippen LogP contribution in [0, 0.1) is 18.3 Å². The molecule has 1 aliphatic rings. The Hall–Kier alpha value is -4.48. The first-order valence-electron chi connectivity index (χ1n) is 13.0. The van der Waals surface area contributed by atoms with E-state index in [0.717, 1.165) is 78.0 Å². The molecule has 0 spiro atoms. The van der Waals surface area contributed by atoms with Crippen molar-refractivity contribution in [2.24, 2.45) is 0 Å². The Morgan fingerprint density at radius 1 is 1.16 bits per heavy atom. The average molecular weight is 506 g/mol. The second-order valence-electron chi connectivity index (χ2n) is 9.50. The molecule has 8 heteroatoms. The number of rotatable bonds is 10. The van der Waals surface area contributed by atoms with E-state index in [0.29, 0.717) is 17.7 Å². The van der Waals surface area contributed by atoms with Crippen molar-refractivity contribution in [3.63, 3.8) is 0 Å². The Kier molecular flexibility index (Phi) is 7.76. The molecule has 0 radical (unpaired) electrons. The molecule has 1 aromatic carbocycles. The van der Waals surface area contributed by atoms with Crippen LogP contribution >= 0.6 is 0 Å². The second kappa shape index (κ2) is 11.7. The van der Waals surface area contributed by atoms with Gasteiger partial charge in [-0.3, -0.25) is 14.8 Å². The van der Waals surface area contributed by atoms with Gasteiger partial charge < -0.3 is 20.5 Å². The summed E-state index contributed by atoms with van der Waals surface area (Å²) in [6.45, 7) is 5.38. The van der Waals surface area contributed by atoms with Crippen molar-refractivity contribution in [2.75, 3.05) is 25.0 Å². The van der Waals surface area contributed by atoms with Gasteiger partial charge >= 0.3 is 0 Å². The molecule has 3 N–H and O–H groups in total. The molecule has 0 bridgehead atoms. The number of hydrogen-bond donors (Lipinski definition) is 3. The van der Waals surface area contributed by atoms with Gasteiger partial charge in [0.05, 0.1) is 16.9 Å². The third kappa shape index (κ3) is 5.74. The number of anilines is 2. The first-order valence-corrected chi connectivity index (χ1v) is 13.0. The summed E-state index contributed by atoms with van der Waals surface area (Å²) < 4.78 is 0. The minimum absolute atomic E-state index is 0.282. The largest absolute Gasteiger partial charge is 0.361 e. The van der Waals surface area contributed by atoms with Crippen LogP contribution in [0.5, 0.6) is 0 Å². The van der Waals surface area contributed by atoms with Crippen molar-refractivity contribution in [2.45, 2.75) is 32.7 Å². The summed E-state index contributed by atoms with van der Waals surface area (Å²) in [5, 5.41) is 17.8. The molecule has 0 aliphatic carbocycles. The number of hydrogen-bond acceptors (Lipinski definition) is 6. The molecule has 5 rings (SSSR count). The van der Waals surface area contributed by atoms with E-state index in [9.17, 15) is 10.1 Å². The zero-order chi connectivity index (χ0) is 26.3. The number of aromatic nitrogens is 3. The molecule has 1 saturated heterocycles. The molecule has 4 aromatic rings. The van der Waals surface area contributed by atoms with Crippen LogP contribution in [0.25, 0.3) is 23.1 Å². The summed E-state index contributed by atoms with van der Waals surface area (Å²) in [7, 11) is 0. The Balaban J connectivity index is 1.22. The number of amides is 1. The lowest BCUT2D eigenvalue weighted by molar-refractivity contribution is -0.127. The summed E-state index contributed by atoms with van der Waals surface area (Å²) in [4.78, 5) is 25.7. The first-order chi connectivity index (χ1) is 18.6. The summed E-state index contributed by atoms with van der Waals surface area (Å²) in [6.07, 6.45) is 13.6. The molecule has 3 aromatic heterocycles. The van der Waals surface area contributed by atoms with Gasteiger partial charge in [0, 0.05) is 73.0 Å². The molecule has 0 atom stereocenters. The van der Waals surface area contributed by atoms with E-state index in [1.165, 1.54) is 0 Å². The molecule has 0 unspecified atom stereocenters. The summed E-state index contributed by atoms with van der Waals surface area (Å²) in [5.74, 6) is 0.282. The van der Waals surface area contributed by atoms with E-state index in [-0.39, 0.29) is 5.91 Å². The fourth-order valence-electron chi connectivity index (χ4n) is 4.76. The van der Waals surface area contributed by atoms with Gasteiger partial charge in [-0.25, -0.2) is 0 Å². The van der Waals surface area contributed by atoms with Crippen LogP contribution < -0.4 is 10.6 Å². The van der Waals surface area contributed by atoms with Gasteiger partial charge in [-0.05, 0) is 73.9 Å². The number of aryl methyl sites for hydroxylation is 1. The fourth-order valence-corrected chi connectivity index (χ4v) is 4.76. The highest BCUT2D eigenvalue weighted by atomic mass is 16.2. The van der Waals surface area contributed by atoms with Crippen molar-refractivity contribution in [3.05, 3.63) is 83.1 Å². The third-order valence-electron chi connectivity index (χ3n) is 6.92. The van der Waals surface area contributed by atoms with E-state index >= 15 is 0 Å². The second-order valence-corrected chi connectivity index (χ2v) is 9.50. The molecule has 0 saturated carbocycles. The van der Waals surface area contributed by atoms with Crippen LogP contribution in [0.3, 0.4) is 0 Å². The van der Waals surface area contributed by atoms with Crippen molar-refractivity contribution >= 4 is 40.3 Å². The summed E-state index contributed by atoms with van der Waals surface area (Å²) in [6, 6.07) is 12.4. The molecular formula is C30H31N7O. The maximum absolute atomic E-state index is 11.7. The Bertz CT molecular complexity index is 1500. The van der Waals surface area contributed by atoms with Gasteiger partial charge in [0.2, 0.25) is 5.91 Å². The minimum atomic E-state index is 0.282. The zero-order valence-corrected chi connectivity index (χ0v) is 21.5. The lowest BCUT2D eigenvalue weighted by Crippen LogP contribution is -2.28. The van der Waals surface area contributed by atoms with Crippen LogP contribution in [0.1, 0.15) is 47.2 Å². The van der Waals surface area contributed by atoms with Gasteiger partial charge in [0.1, 0.15) is 6.07 Å². The predicted octanol–water partition coefficient (Wildman–Crippen LogP) is 5.15. The van der Waals surface area contributed by atoms with Crippen LogP contribution in [-0.4, -0.2) is 45.4 Å². The maximum Gasteiger partial charge on any atom is 0.222 e. The summed E-state index contributed by atoms with van der Waals surface area (Å²) in [5.41, 5.74) is 7.04. The van der Waals surface area contributed by atoms with Crippen molar-refractivity contribution in [1.29, 1.82) is 5.26 Å². The topological polar surface area (TPSA) is 110 Å². The number of carbonyl (C=O) groups is 1. The lowest BCUT2D eigenvalue weighted by atomic mass is 10.1. The van der Waals surface area contributed by atoms with E-state index in [4.69, 9.17) is 0 Å². The highest BCUT2D eigenvalue weighted by molar-refractivity contribution is 5.90. The predicted molar refractivity (Wildman–Crippen MR) is 151 cm³/mol. The van der Waals surface area contributed by atoms with Crippen LogP contribution in [-0.2, 0) is 11.3 Å². The monoisotopic (exact) mass is 505 g/mol.